The summed E-state index contributed by atoms with van der Waals surface area (Å²) in [5.74, 6) is 0. The number of alkyl halides is 3. The number of aliphatic hydroxyl groups is 1. The highest BCUT2D eigenvalue weighted by Crippen LogP contribution is 2.23. The molecule has 0 atom stereocenters. The van der Waals surface area contributed by atoms with Gasteiger partial charge in [-0.1, -0.05) is 34.8 Å². The second-order valence-electron chi connectivity index (χ2n) is 1.03. The first-order chi connectivity index (χ1) is 4.29. The molecule has 0 aromatic heterocycles. The van der Waals surface area contributed by atoms with Gasteiger partial charge >= 0.3 is 5.43 Å². The average molecular weight is 230 g/mol. The van der Waals surface area contributed by atoms with Gasteiger partial charge in [0.15, 0.2) is 0 Å². The highest BCUT2D eigenvalue weighted by Gasteiger charge is 2.16. The van der Waals surface area contributed by atoms with Crippen molar-refractivity contribution in [2.75, 3.05) is 6.61 Å². The predicted octanol–water partition coefficient (Wildman–Crippen LogP) is 2.25. The summed E-state index contributed by atoms with van der Waals surface area (Å²) in [6.07, 6.45) is 0. The van der Waals surface area contributed by atoms with E-state index in [0.717, 1.165) is 0 Å². The molecular formula is C3H4Cl4O3. The Kier molecular flexibility index (Phi) is 8.33. The van der Waals surface area contributed by atoms with Crippen molar-refractivity contribution < 1.29 is 15.0 Å². The van der Waals surface area contributed by atoms with E-state index < -0.39 is 15.8 Å². The fourth-order valence-corrected chi connectivity index (χ4v) is 0. The maximum absolute atomic E-state index is 8.77. The largest absolute Gasteiger partial charge is 0.469 e. The van der Waals surface area contributed by atoms with Crippen LogP contribution in [0.3, 0.4) is 0 Å². The number of aliphatic hydroxyl groups excluding tert-OH is 1. The van der Waals surface area contributed by atoms with Crippen LogP contribution in [0.1, 0.15) is 0 Å². The lowest BCUT2D eigenvalue weighted by Crippen LogP contribution is -2.06. The quantitative estimate of drug-likeness (QED) is 0.495. The Bertz CT molecular complexity index is 94.4. The first kappa shape index (κ1) is 13.2. The fraction of sp³-hybridized carbons (Fsp3) is 0.667. The third-order valence-corrected chi connectivity index (χ3v) is 0.538. The van der Waals surface area contributed by atoms with Crippen LogP contribution >= 0.6 is 46.4 Å². The highest BCUT2D eigenvalue weighted by atomic mass is 35.6. The topological polar surface area (TPSA) is 57.5 Å². The molecule has 0 aromatic carbocycles. The Morgan fingerprint density at radius 3 is 1.50 bits per heavy atom. The molecule has 0 heterocycles. The van der Waals surface area contributed by atoms with Crippen LogP contribution in [-0.4, -0.2) is 26.0 Å². The monoisotopic (exact) mass is 228 g/mol. The summed E-state index contributed by atoms with van der Waals surface area (Å²) >= 11 is 19.2. The molecule has 0 aliphatic heterocycles. The number of hydrogen-bond acceptors (Lipinski definition) is 2. The van der Waals surface area contributed by atoms with Crippen molar-refractivity contribution in [1.82, 2.24) is 0 Å². The molecule has 0 unspecified atom stereocenters. The van der Waals surface area contributed by atoms with Gasteiger partial charge in [-0.3, -0.25) is 0 Å². The lowest BCUT2D eigenvalue weighted by molar-refractivity contribution is 0.220. The molecule has 7 heteroatoms. The zero-order valence-corrected chi connectivity index (χ0v) is 7.55. The van der Waals surface area contributed by atoms with E-state index >= 15 is 0 Å². The summed E-state index contributed by atoms with van der Waals surface area (Å²) in [4.78, 5) is 8.77. The van der Waals surface area contributed by atoms with Gasteiger partial charge in [-0.15, -0.1) is 0 Å². The minimum atomic E-state index is -1.49. The summed E-state index contributed by atoms with van der Waals surface area (Å²) in [6, 6.07) is 0. The van der Waals surface area contributed by atoms with Crippen LogP contribution in [0.5, 0.6) is 0 Å². The van der Waals surface area contributed by atoms with Gasteiger partial charge in [0, 0.05) is 11.6 Å². The van der Waals surface area contributed by atoms with Gasteiger partial charge in [0.2, 0.25) is 3.79 Å². The second-order valence-corrected chi connectivity index (χ2v) is 3.87. The molecule has 0 spiro atoms. The number of carboxylic acid groups (broad SMARTS) is 1. The molecule has 10 heavy (non-hydrogen) atoms. The molecule has 2 N–H and O–H groups in total. The van der Waals surface area contributed by atoms with Crippen molar-refractivity contribution >= 4 is 51.8 Å². The van der Waals surface area contributed by atoms with Crippen LogP contribution in [0.4, 0.5) is 4.79 Å². The Labute approximate surface area is 77.4 Å². The molecule has 0 amide bonds. The van der Waals surface area contributed by atoms with E-state index in [2.05, 4.69) is 11.6 Å². The number of carbonyl (C=O) groups is 1. The second kappa shape index (κ2) is 6.31. The maximum Gasteiger partial charge on any atom is 0.401 e. The standard InChI is InChI=1S/C2H3Cl3O.CHClO2/c3-2(4,5)1-6;2-1(3)4/h6H,1H2;(H,3,4). The smallest absolute Gasteiger partial charge is 0.401 e. The van der Waals surface area contributed by atoms with E-state index in [4.69, 9.17) is 49.8 Å². The third kappa shape index (κ3) is 38.4. The van der Waals surface area contributed by atoms with Crippen LogP contribution in [0, 0.1) is 0 Å². The molecule has 3 nitrogen and oxygen atoms in total. The number of hydrogen-bond donors (Lipinski definition) is 2. The third-order valence-electron chi connectivity index (χ3n) is 0.179. The fourth-order valence-electron chi connectivity index (χ4n) is 0. The minimum absolute atomic E-state index is 0.433. The molecule has 0 aliphatic carbocycles. The van der Waals surface area contributed by atoms with E-state index in [0.29, 0.717) is 0 Å². The molecule has 0 radical (unpaired) electrons. The van der Waals surface area contributed by atoms with Crippen LogP contribution < -0.4 is 0 Å². The van der Waals surface area contributed by atoms with Gasteiger partial charge in [-0.2, -0.15) is 0 Å². The predicted molar refractivity (Wildman–Crippen MR) is 41.3 cm³/mol. The lowest BCUT2D eigenvalue weighted by atomic mass is 10.9. The molecule has 0 aromatic rings. The van der Waals surface area contributed by atoms with Crippen LogP contribution in [0.15, 0.2) is 0 Å². The maximum atomic E-state index is 8.77. The van der Waals surface area contributed by atoms with Crippen molar-refractivity contribution in [3.63, 3.8) is 0 Å². The number of halogens is 4. The Morgan fingerprint density at radius 2 is 1.50 bits per heavy atom. The SMILES string of the molecule is O=C(O)Cl.OCC(Cl)(Cl)Cl. The molecular weight excluding hydrogens is 226 g/mol. The van der Waals surface area contributed by atoms with Crippen molar-refractivity contribution in [3.8, 4) is 0 Å². The van der Waals surface area contributed by atoms with Gasteiger partial charge in [0.1, 0.15) is 0 Å². The van der Waals surface area contributed by atoms with E-state index in [1.807, 2.05) is 0 Å². The number of rotatable bonds is 0. The highest BCUT2D eigenvalue weighted by molar-refractivity contribution is 6.67. The summed E-state index contributed by atoms with van der Waals surface area (Å²) in [7, 11) is 0. The summed E-state index contributed by atoms with van der Waals surface area (Å²) < 4.78 is -1.49. The van der Waals surface area contributed by atoms with Crippen molar-refractivity contribution in [1.29, 1.82) is 0 Å². The van der Waals surface area contributed by atoms with Gasteiger partial charge in [0.25, 0.3) is 0 Å². The van der Waals surface area contributed by atoms with Gasteiger partial charge < -0.3 is 10.2 Å². The van der Waals surface area contributed by atoms with Crippen LogP contribution in [0.25, 0.3) is 0 Å². The van der Waals surface area contributed by atoms with E-state index in [9.17, 15) is 0 Å². The molecule has 0 saturated carbocycles. The molecule has 62 valence electrons. The van der Waals surface area contributed by atoms with Crippen molar-refractivity contribution in [2.45, 2.75) is 3.79 Å². The Balaban J connectivity index is 0. The Morgan fingerprint density at radius 1 is 1.40 bits per heavy atom. The molecule has 0 fully saturated rings. The zero-order chi connectivity index (χ0) is 8.78. The molecule has 0 rings (SSSR count). The molecule has 0 aliphatic rings. The van der Waals surface area contributed by atoms with E-state index in [1.54, 1.807) is 0 Å². The summed E-state index contributed by atoms with van der Waals surface area (Å²) in [6.45, 7) is -0.433. The summed E-state index contributed by atoms with van der Waals surface area (Å²) in [5.41, 5.74) is -1.36. The Hall–Kier alpha value is 0.590. The van der Waals surface area contributed by atoms with Gasteiger partial charge in [-0.05, 0) is 0 Å². The normalized spacial score (nSPS) is 9.70. The van der Waals surface area contributed by atoms with Crippen molar-refractivity contribution in [3.05, 3.63) is 0 Å². The lowest BCUT2D eigenvalue weighted by Gasteiger charge is -2.01. The van der Waals surface area contributed by atoms with Crippen molar-refractivity contribution in [2.24, 2.45) is 0 Å². The van der Waals surface area contributed by atoms with Crippen LogP contribution in [-0.2, 0) is 0 Å². The molecule has 0 bridgehead atoms. The van der Waals surface area contributed by atoms with E-state index in [-0.39, 0.29) is 0 Å². The zero-order valence-electron chi connectivity index (χ0n) is 4.52. The van der Waals surface area contributed by atoms with Gasteiger partial charge in [0.05, 0.1) is 6.61 Å². The first-order valence-corrected chi connectivity index (χ1v) is 3.37. The average Bonchev–Trinajstić information content (AvgIpc) is 1.63. The van der Waals surface area contributed by atoms with Gasteiger partial charge in [-0.25, -0.2) is 4.79 Å². The van der Waals surface area contributed by atoms with Crippen LogP contribution in [0.2, 0.25) is 0 Å². The van der Waals surface area contributed by atoms with E-state index in [1.165, 1.54) is 0 Å². The molecule has 0 saturated heterocycles. The minimum Gasteiger partial charge on any atom is -0.469 e. The summed E-state index contributed by atoms with van der Waals surface area (Å²) in [5, 5.41) is 15.2. The first-order valence-electron chi connectivity index (χ1n) is 1.85.